The molecule has 6 heteroatoms. The molecule has 0 heterocycles. The van der Waals surface area contributed by atoms with Crippen molar-refractivity contribution in [2.24, 2.45) is 10.9 Å². The van der Waals surface area contributed by atoms with Gasteiger partial charge in [-0.15, -0.1) is 0 Å². The van der Waals surface area contributed by atoms with E-state index in [1.807, 2.05) is 6.07 Å². The van der Waals surface area contributed by atoms with Crippen LogP contribution in [0, 0.1) is 0 Å². The number of anilines is 1. The van der Waals surface area contributed by atoms with Gasteiger partial charge in [-0.05, 0) is 24.6 Å². The third-order valence-corrected chi connectivity index (χ3v) is 2.53. The van der Waals surface area contributed by atoms with Crippen LogP contribution in [0.4, 0.5) is 5.69 Å². The fourth-order valence-corrected chi connectivity index (χ4v) is 1.65. The fraction of sp³-hybridized carbons (Fsp3) is 0.300. The molecule has 0 aliphatic heterocycles. The quantitative estimate of drug-likeness (QED) is 0.251. The van der Waals surface area contributed by atoms with Gasteiger partial charge in [0, 0.05) is 18.0 Å². The first-order valence-electron chi connectivity index (χ1n) is 4.79. The first-order chi connectivity index (χ1) is 7.63. The SMILES string of the molecule is NC(CCCNc1ccc(Cl)cc1Cl)=NO. The van der Waals surface area contributed by atoms with Gasteiger partial charge in [-0.25, -0.2) is 0 Å². The lowest BCUT2D eigenvalue weighted by molar-refractivity contribution is 0.316. The highest BCUT2D eigenvalue weighted by Gasteiger charge is 2.00. The zero-order valence-corrected chi connectivity index (χ0v) is 10.1. The van der Waals surface area contributed by atoms with E-state index in [0.29, 0.717) is 23.0 Å². The maximum absolute atomic E-state index is 8.33. The van der Waals surface area contributed by atoms with Gasteiger partial charge in [0.25, 0.3) is 0 Å². The van der Waals surface area contributed by atoms with Crippen LogP contribution in [0.3, 0.4) is 0 Å². The van der Waals surface area contributed by atoms with Crippen LogP contribution in [-0.2, 0) is 0 Å². The Morgan fingerprint density at radius 1 is 1.44 bits per heavy atom. The maximum atomic E-state index is 8.33. The van der Waals surface area contributed by atoms with E-state index in [-0.39, 0.29) is 5.84 Å². The van der Waals surface area contributed by atoms with Crippen molar-refractivity contribution >= 4 is 34.7 Å². The van der Waals surface area contributed by atoms with Crippen molar-refractivity contribution in [1.82, 2.24) is 0 Å². The second kappa shape index (κ2) is 6.45. The van der Waals surface area contributed by atoms with Crippen molar-refractivity contribution in [3.63, 3.8) is 0 Å². The number of nitrogens with one attached hydrogen (secondary N) is 1. The summed E-state index contributed by atoms with van der Waals surface area (Å²) in [6.07, 6.45) is 1.30. The molecule has 0 aromatic heterocycles. The lowest BCUT2D eigenvalue weighted by Crippen LogP contribution is -2.13. The number of rotatable bonds is 5. The second-order valence-electron chi connectivity index (χ2n) is 3.25. The normalized spacial score (nSPS) is 11.5. The Kier molecular flexibility index (Phi) is 5.22. The summed E-state index contributed by atoms with van der Waals surface area (Å²) in [5.74, 6) is 0.226. The van der Waals surface area contributed by atoms with E-state index in [2.05, 4.69) is 10.5 Å². The monoisotopic (exact) mass is 261 g/mol. The summed E-state index contributed by atoms with van der Waals surface area (Å²) in [4.78, 5) is 0. The molecule has 1 rings (SSSR count). The highest BCUT2D eigenvalue weighted by Crippen LogP contribution is 2.25. The first-order valence-corrected chi connectivity index (χ1v) is 5.54. The average molecular weight is 262 g/mol. The molecule has 0 saturated carbocycles. The number of amidine groups is 1. The van der Waals surface area contributed by atoms with Crippen LogP contribution < -0.4 is 11.1 Å². The van der Waals surface area contributed by atoms with Gasteiger partial charge in [0.1, 0.15) is 5.84 Å². The second-order valence-corrected chi connectivity index (χ2v) is 4.09. The van der Waals surface area contributed by atoms with Crippen LogP contribution in [0.1, 0.15) is 12.8 Å². The molecule has 4 N–H and O–H groups in total. The highest BCUT2D eigenvalue weighted by molar-refractivity contribution is 6.36. The van der Waals surface area contributed by atoms with Gasteiger partial charge < -0.3 is 16.3 Å². The van der Waals surface area contributed by atoms with Gasteiger partial charge in [0.2, 0.25) is 0 Å². The van der Waals surface area contributed by atoms with Crippen molar-refractivity contribution in [2.45, 2.75) is 12.8 Å². The Bertz CT molecular complexity index is 382. The molecule has 88 valence electrons. The topological polar surface area (TPSA) is 70.6 Å². The van der Waals surface area contributed by atoms with Gasteiger partial charge in [0.05, 0.1) is 10.7 Å². The number of oxime groups is 1. The Morgan fingerprint density at radius 2 is 2.19 bits per heavy atom. The number of hydrogen-bond acceptors (Lipinski definition) is 3. The van der Waals surface area contributed by atoms with Crippen LogP contribution in [-0.4, -0.2) is 17.6 Å². The van der Waals surface area contributed by atoms with Crippen molar-refractivity contribution in [2.75, 3.05) is 11.9 Å². The molecular formula is C10H13Cl2N3O. The van der Waals surface area contributed by atoms with Gasteiger partial charge >= 0.3 is 0 Å². The highest BCUT2D eigenvalue weighted by atomic mass is 35.5. The molecule has 0 saturated heterocycles. The molecule has 1 aromatic rings. The lowest BCUT2D eigenvalue weighted by atomic mass is 10.2. The first kappa shape index (κ1) is 12.9. The molecule has 0 atom stereocenters. The van der Waals surface area contributed by atoms with E-state index in [0.717, 1.165) is 12.1 Å². The Morgan fingerprint density at radius 3 is 2.81 bits per heavy atom. The van der Waals surface area contributed by atoms with E-state index < -0.39 is 0 Å². The molecule has 0 radical (unpaired) electrons. The van der Waals surface area contributed by atoms with Gasteiger partial charge in [-0.2, -0.15) is 0 Å². The Hall–Kier alpha value is -1.13. The Balaban J connectivity index is 2.37. The van der Waals surface area contributed by atoms with Gasteiger partial charge in [0.15, 0.2) is 0 Å². The molecule has 0 unspecified atom stereocenters. The van der Waals surface area contributed by atoms with Crippen molar-refractivity contribution in [3.05, 3.63) is 28.2 Å². The fourth-order valence-electron chi connectivity index (χ4n) is 1.18. The number of nitrogens with zero attached hydrogens (tertiary/aromatic N) is 1. The third kappa shape index (κ3) is 4.16. The summed E-state index contributed by atoms with van der Waals surface area (Å²) in [5, 5.41) is 15.5. The smallest absolute Gasteiger partial charge is 0.139 e. The van der Waals surface area contributed by atoms with Crippen LogP contribution in [0.15, 0.2) is 23.4 Å². The zero-order chi connectivity index (χ0) is 12.0. The predicted molar refractivity (Wildman–Crippen MR) is 67.6 cm³/mol. The largest absolute Gasteiger partial charge is 0.409 e. The summed E-state index contributed by atoms with van der Waals surface area (Å²) < 4.78 is 0. The van der Waals surface area contributed by atoms with Crippen LogP contribution in [0.25, 0.3) is 0 Å². The molecule has 0 bridgehead atoms. The van der Waals surface area contributed by atoms with E-state index in [1.165, 1.54) is 0 Å². The number of benzene rings is 1. The predicted octanol–water partition coefficient (Wildman–Crippen LogP) is 2.93. The van der Waals surface area contributed by atoms with E-state index in [9.17, 15) is 0 Å². The molecule has 0 fully saturated rings. The minimum atomic E-state index is 0.226. The molecule has 0 aliphatic rings. The summed E-state index contributed by atoms with van der Waals surface area (Å²) >= 11 is 11.7. The molecule has 16 heavy (non-hydrogen) atoms. The number of halogens is 2. The zero-order valence-electron chi connectivity index (χ0n) is 8.58. The minimum Gasteiger partial charge on any atom is -0.409 e. The van der Waals surface area contributed by atoms with Crippen molar-refractivity contribution in [3.8, 4) is 0 Å². The summed E-state index contributed by atoms with van der Waals surface area (Å²) in [5.41, 5.74) is 6.16. The number of hydrogen-bond donors (Lipinski definition) is 3. The molecule has 1 aromatic carbocycles. The van der Waals surface area contributed by atoms with E-state index in [4.69, 9.17) is 34.1 Å². The lowest BCUT2D eigenvalue weighted by Gasteiger charge is -2.08. The van der Waals surface area contributed by atoms with Crippen LogP contribution >= 0.6 is 23.2 Å². The Labute approximate surface area is 104 Å². The summed E-state index contributed by atoms with van der Waals surface area (Å²) in [7, 11) is 0. The third-order valence-electron chi connectivity index (χ3n) is 1.98. The summed E-state index contributed by atoms with van der Waals surface area (Å²) in [6.45, 7) is 0.692. The standard InChI is InChI=1S/C10H13Cl2N3O/c11-7-3-4-9(8(12)6-7)14-5-1-2-10(13)15-16/h3-4,6,14,16H,1-2,5H2,(H2,13,15). The van der Waals surface area contributed by atoms with Crippen molar-refractivity contribution in [1.29, 1.82) is 0 Å². The molecule has 0 amide bonds. The number of nitrogens with two attached hydrogens (primary N) is 1. The molecular weight excluding hydrogens is 249 g/mol. The maximum Gasteiger partial charge on any atom is 0.139 e. The molecule has 0 aliphatic carbocycles. The van der Waals surface area contributed by atoms with Crippen LogP contribution in [0.5, 0.6) is 0 Å². The molecule has 0 spiro atoms. The van der Waals surface area contributed by atoms with Crippen molar-refractivity contribution < 1.29 is 5.21 Å². The van der Waals surface area contributed by atoms with E-state index >= 15 is 0 Å². The molecule has 4 nitrogen and oxygen atoms in total. The van der Waals surface area contributed by atoms with Gasteiger partial charge in [-0.3, -0.25) is 0 Å². The van der Waals surface area contributed by atoms with Crippen LogP contribution in [0.2, 0.25) is 10.0 Å². The summed E-state index contributed by atoms with van der Waals surface area (Å²) in [6, 6.07) is 5.25. The van der Waals surface area contributed by atoms with Gasteiger partial charge in [-0.1, -0.05) is 28.4 Å². The van der Waals surface area contributed by atoms with E-state index in [1.54, 1.807) is 12.1 Å². The minimum absolute atomic E-state index is 0.226. The average Bonchev–Trinajstić information content (AvgIpc) is 2.26.